The Morgan fingerprint density at radius 2 is 1.86 bits per heavy atom. The lowest BCUT2D eigenvalue weighted by molar-refractivity contribution is -0.123. The van der Waals surface area contributed by atoms with Crippen LogP contribution in [0.3, 0.4) is 0 Å². The van der Waals surface area contributed by atoms with Gasteiger partial charge in [0, 0.05) is 21.2 Å². The zero-order chi connectivity index (χ0) is 24.9. The first-order valence-electron chi connectivity index (χ1n) is 10.4. The maximum atomic E-state index is 13.1. The second-order valence-electron chi connectivity index (χ2n) is 7.44. The summed E-state index contributed by atoms with van der Waals surface area (Å²) in [5.74, 6) is 0.427. The molecule has 0 unspecified atom stereocenters. The topological polar surface area (TPSA) is 79.6 Å². The average Bonchev–Trinajstić information content (AvgIpc) is 3.11. The highest BCUT2D eigenvalue weighted by Gasteiger charge is 2.35. The maximum Gasteiger partial charge on any atom is 0.293 e. The fraction of sp³-hybridized carbons (Fsp3) is 0.115. The van der Waals surface area contributed by atoms with Crippen LogP contribution in [-0.2, 0) is 17.9 Å². The molecule has 1 heterocycles. The third-order valence-corrected chi connectivity index (χ3v) is 6.74. The molecule has 0 spiro atoms. The third-order valence-electron chi connectivity index (χ3n) is 5.24. The number of halogens is 2. The number of nitrogens with zero attached hydrogens (tertiary/aromatic N) is 2. The van der Waals surface area contributed by atoms with Crippen molar-refractivity contribution in [1.29, 1.82) is 5.26 Å². The number of hydrogen-bond donors (Lipinski definition) is 0. The van der Waals surface area contributed by atoms with E-state index in [0.29, 0.717) is 38.2 Å². The molecule has 0 radical (unpaired) electrons. The molecule has 6 nitrogen and oxygen atoms in total. The second-order valence-corrected chi connectivity index (χ2v) is 9.28. The minimum atomic E-state index is -0.442. The van der Waals surface area contributed by atoms with Crippen LogP contribution in [-0.4, -0.2) is 23.2 Å². The number of carbonyl (C=O) groups excluding carboxylic acids is 2. The van der Waals surface area contributed by atoms with E-state index in [-0.39, 0.29) is 18.1 Å². The van der Waals surface area contributed by atoms with Gasteiger partial charge in [0.2, 0.25) is 0 Å². The molecule has 0 saturated carbocycles. The van der Waals surface area contributed by atoms with Crippen molar-refractivity contribution in [2.45, 2.75) is 13.2 Å². The van der Waals surface area contributed by atoms with Gasteiger partial charge in [-0.3, -0.25) is 14.5 Å². The summed E-state index contributed by atoms with van der Waals surface area (Å²) >= 11 is 13.1. The van der Waals surface area contributed by atoms with Crippen molar-refractivity contribution in [1.82, 2.24) is 4.90 Å². The highest BCUT2D eigenvalue weighted by atomic mass is 35.5. The Hall–Kier alpha value is -3.44. The van der Waals surface area contributed by atoms with Gasteiger partial charge in [0.1, 0.15) is 6.61 Å². The summed E-state index contributed by atoms with van der Waals surface area (Å²) in [7, 11) is 1.52. The summed E-state index contributed by atoms with van der Waals surface area (Å²) < 4.78 is 11.5. The van der Waals surface area contributed by atoms with Crippen LogP contribution in [0.5, 0.6) is 11.5 Å². The Kier molecular flexibility index (Phi) is 7.67. The molecule has 1 aliphatic rings. The van der Waals surface area contributed by atoms with Gasteiger partial charge in [0.15, 0.2) is 11.5 Å². The monoisotopic (exact) mass is 524 g/mol. The maximum absolute atomic E-state index is 13.1. The number of amides is 2. The Morgan fingerprint density at radius 3 is 2.60 bits per heavy atom. The molecule has 1 aliphatic heterocycles. The van der Waals surface area contributed by atoms with Gasteiger partial charge in [0.05, 0.1) is 30.2 Å². The third kappa shape index (κ3) is 5.46. The van der Waals surface area contributed by atoms with Gasteiger partial charge in [0.25, 0.3) is 11.1 Å². The zero-order valence-electron chi connectivity index (χ0n) is 18.5. The Labute approximate surface area is 216 Å². The van der Waals surface area contributed by atoms with Gasteiger partial charge >= 0.3 is 0 Å². The normalized spacial score (nSPS) is 14.3. The summed E-state index contributed by atoms with van der Waals surface area (Å²) in [4.78, 5) is 27.1. The number of carbonyl (C=O) groups is 2. The fourth-order valence-corrected chi connectivity index (χ4v) is 4.76. The quantitative estimate of drug-likeness (QED) is 0.320. The summed E-state index contributed by atoms with van der Waals surface area (Å²) in [6.45, 7) is 0.159. The van der Waals surface area contributed by atoms with Crippen LogP contribution in [0, 0.1) is 11.3 Å². The highest BCUT2D eigenvalue weighted by molar-refractivity contribution is 8.18. The predicted octanol–water partition coefficient (Wildman–Crippen LogP) is 6.69. The van der Waals surface area contributed by atoms with Gasteiger partial charge < -0.3 is 9.47 Å². The van der Waals surface area contributed by atoms with E-state index in [1.165, 1.54) is 7.11 Å². The second kappa shape index (κ2) is 10.9. The SMILES string of the molecule is COc1cccc(/C=C2/SC(=O)N(Cc3ccccc3C#N)C2=O)c1OCc1ccc(Cl)cc1Cl. The fourth-order valence-electron chi connectivity index (χ4n) is 3.47. The van der Waals surface area contributed by atoms with Crippen LogP contribution < -0.4 is 9.47 Å². The standard InChI is InChI=1S/C26H18Cl2N2O4S/c1-33-22-8-4-7-16(24(22)34-15-19-9-10-20(27)12-21(19)28)11-23-25(31)30(26(32)35-23)14-18-6-3-2-5-17(18)13-29/h2-12H,14-15H2,1H3/b23-11+. The van der Waals surface area contributed by atoms with E-state index in [1.54, 1.807) is 66.7 Å². The number of benzene rings is 3. The van der Waals surface area contributed by atoms with Crippen LogP contribution in [0.4, 0.5) is 4.79 Å². The highest BCUT2D eigenvalue weighted by Crippen LogP contribution is 2.38. The van der Waals surface area contributed by atoms with Gasteiger partial charge in [-0.1, -0.05) is 59.6 Å². The summed E-state index contributed by atoms with van der Waals surface area (Å²) in [5.41, 5.74) is 2.31. The van der Waals surface area contributed by atoms with Crippen molar-refractivity contribution in [2.24, 2.45) is 0 Å². The lowest BCUT2D eigenvalue weighted by atomic mass is 10.1. The molecule has 3 aromatic carbocycles. The van der Waals surface area contributed by atoms with E-state index in [0.717, 1.165) is 22.2 Å². The molecule has 0 aromatic heterocycles. The molecule has 4 rings (SSSR count). The number of rotatable bonds is 7. The number of imide groups is 1. The Balaban J connectivity index is 1.61. The van der Waals surface area contributed by atoms with Gasteiger partial charge in [-0.15, -0.1) is 0 Å². The van der Waals surface area contributed by atoms with Crippen molar-refractivity contribution in [2.75, 3.05) is 7.11 Å². The van der Waals surface area contributed by atoms with Crippen molar-refractivity contribution in [3.63, 3.8) is 0 Å². The lowest BCUT2D eigenvalue weighted by Gasteiger charge is -2.15. The first kappa shape index (κ1) is 24.7. The molecule has 9 heteroatoms. The number of thioether (sulfide) groups is 1. The zero-order valence-corrected chi connectivity index (χ0v) is 20.8. The molecule has 1 saturated heterocycles. The molecule has 0 N–H and O–H groups in total. The number of nitriles is 1. The van der Waals surface area contributed by atoms with E-state index in [9.17, 15) is 14.9 Å². The number of ether oxygens (including phenoxy) is 2. The molecule has 0 aliphatic carbocycles. The van der Waals surface area contributed by atoms with Gasteiger partial charge in [-0.2, -0.15) is 5.26 Å². The summed E-state index contributed by atoms with van der Waals surface area (Å²) in [6.07, 6.45) is 1.60. The van der Waals surface area contributed by atoms with Crippen LogP contribution in [0.1, 0.15) is 22.3 Å². The van der Waals surface area contributed by atoms with E-state index in [2.05, 4.69) is 6.07 Å². The van der Waals surface area contributed by atoms with Gasteiger partial charge in [-0.25, -0.2) is 0 Å². The molecule has 0 atom stereocenters. The summed E-state index contributed by atoms with van der Waals surface area (Å²) in [5, 5.41) is 9.89. The molecule has 2 amide bonds. The van der Waals surface area contributed by atoms with E-state index in [4.69, 9.17) is 32.7 Å². The Morgan fingerprint density at radius 1 is 1.06 bits per heavy atom. The summed E-state index contributed by atoms with van der Waals surface area (Å²) in [6, 6.07) is 19.3. The number of para-hydroxylation sites is 1. The van der Waals surface area contributed by atoms with E-state index < -0.39 is 11.1 Å². The first-order chi connectivity index (χ1) is 16.9. The molecule has 3 aromatic rings. The van der Waals surface area contributed by atoms with Crippen LogP contribution in [0.2, 0.25) is 10.0 Å². The minimum Gasteiger partial charge on any atom is -0.493 e. The number of hydrogen-bond acceptors (Lipinski definition) is 6. The smallest absolute Gasteiger partial charge is 0.293 e. The molecule has 176 valence electrons. The first-order valence-corrected chi connectivity index (χ1v) is 12.0. The van der Waals surface area contributed by atoms with Gasteiger partial charge in [-0.05, 0) is 47.7 Å². The minimum absolute atomic E-state index is 0.0161. The van der Waals surface area contributed by atoms with Crippen LogP contribution in [0.15, 0.2) is 65.6 Å². The molecule has 0 bridgehead atoms. The van der Waals surface area contributed by atoms with E-state index >= 15 is 0 Å². The largest absolute Gasteiger partial charge is 0.493 e. The molecule has 1 fully saturated rings. The lowest BCUT2D eigenvalue weighted by Crippen LogP contribution is -2.27. The average molecular weight is 525 g/mol. The molecule has 35 heavy (non-hydrogen) atoms. The van der Waals surface area contributed by atoms with Crippen molar-refractivity contribution < 1.29 is 19.1 Å². The van der Waals surface area contributed by atoms with Crippen molar-refractivity contribution in [3.8, 4) is 17.6 Å². The number of methoxy groups -OCH3 is 1. The Bertz CT molecular complexity index is 1380. The molecular weight excluding hydrogens is 507 g/mol. The van der Waals surface area contributed by atoms with Crippen molar-refractivity contribution >= 4 is 52.2 Å². The van der Waals surface area contributed by atoms with Crippen LogP contribution in [0.25, 0.3) is 6.08 Å². The van der Waals surface area contributed by atoms with E-state index in [1.807, 2.05) is 0 Å². The van der Waals surface area contributed by atoms with Crippen molar-refractivity contribution in [3.05, 3.63) is 97.9 Å². The molecular formula is C26H18Cl2N2O4S. The predicted molar refractivity (Wildman–Crippen MR) is 136 cm³/mol. The van der Waals surface area contributed by atoms with Crippen LogP contribution >= 0.6 is 35.0 Å².